The Kier molecular flexibility index (Phi) is 7.97. The van der Waals surface area contributed by atoms with Gasteiger partial charge in [0.15, 0.2) is 0 Å². The molecule has 2 aliphatic rings. The Morgan fingerprint density at radius 2 is 1.78 bits per heavy atom. The molecule has 1 aliphatic carbocycles. The van der Waals surface area contributed by atoms with Crippen molar-refractivity contribution in [1.82, 2.24) is 5.32 Å². The van der Waals surface area contributed by atoms with Crippen LogP contribution in [0.3, 0.4) is 0 Å². The summed E-state index contributed by atoms with van der Waals surface area (Å²) in [4.78, 5) is 43.4. The molecule has 0 bridgehead atoms. The number of nitro groups is 1. The molecule has 1 fully saturated rings. The van der Waals surface area contributed by atoms with E-state index in [-0.39, 0.29) is 29.2 Å². The first-order valence-electron chi connectivity index (χ1n) is 12.5. The number of benzodiazepines with no additional fused rings is 1. The van der Waals surface area contributed by atoms with Gasteiger partial charge in [-0.15, -0.1) is 0 Å². The second kappa shape index (κ2) is 11.3. The second-order valence-corrected chi connectivity index (χ2v) is 9.75. The van der Waals surface area contributed by atoms with Gasteiger partial charge in [-0.25, -0.2) is 4.79 Å². The number of rotatable bonds is 6. The zero-order valence-corrected chi connectivity index (χ0v) is 20.7. The average molecular weight is 493 g/mol. The van der Waals surface area contributed by atoms with E-state index in [0.29, 0.717) is 6.54 Å². The monoisotopic (exact) mass is 492 g/mol. The van der Waals surface area contributed by atoms with Crippen LogP contribution in [0.15, 0.2) is 53.5 Å². The first kappa shape index (κ1) is 25.3. The normalized spacial score (nSPS) is 18.6. The zero-order valence-electron chi connectivity index (χ0n) is 20.7. The fourth-order valence-corrected chi connectivity index (χ4v) is 4.87. The molecule has 0 unspecified atom stereocenters. The Bertz CT molecular complexity index is 1140. The number of hydrogen-bond donors (Lipinski definition) is 1. The molecule has 4 rings (SSSR count). The predicted octanol–water partition coefficient (Wildman–Crippen LogP) is 5.47. The van der Waals surface area contributed by atoms with Crippen LogP contribution in [0.2, 0.25) is 0 Å². The Hall–Kier alpha value is -3.75. The Balaban J connectivity index is 1.65. The topological polar surface area (TPSA) is 114 Å². The maximum atomic E-state index is 13.7. The van der Waals surface area contributed by atoms with Crippen LogP contribution in [-0.2, 0) is 4.79 Å². The number of non-ortho nitro benzene ring substituents is 1. The number of nitrogens with zero attached hydrogens (tertiary/aromatic N) is 3. The third-order valence-electron chi connectivity index (χ3n) is 6.54. The van der Waals surface area contributed by atoms with E-state index in [2.05, 4.69) is 5.32 Å². The van der Waals surface area contributed by atoms with Crippen molar-refractivity contribution >= 4 is 29.1 Å². The molecule has 2 aromatic carbocycles. The van der Waals surface area contributed by atoms with E-state index in [1.54, 1.807) is 4.90 Å². The minimum Gasteiger partial charge on any atom is -0.410 e. The predicted molar refractivity (Wildman–Crippen MR) is 137 cm³/mol. The lowest BCUT2D eigenvalue weighted by atomic mass is 9.89. The Morgan fingerprint density at radius 1 is 1.11 bits per heavy atom. The number of fused-ring (bicyclic) bond motifs is 1. The fraction of sp³-hybridized carbons (Fsp3) is 0.444. The summed E-state index contributed by atoms with van der Waals surface area (Å²) >= 11 is 0. The average Bonchev–Trinajstić information content (AvgIpc) is 3.19. The van der Waals surface area contributed by atoms with Crippen molar-refractivity contribution < 1.29 is 19.2 Å². The van der Waals surface area contributed by atoms with E-state index in [4.69, 9.17) is 9.73 Å². The maximum absolute atomic E-state index is 13.7. The van der Waals surface area contributed by atoms with Gasteiger partial charge in [-0.2, -0.15) is 0 Å². The summed E-state index contributed by atoms with van der Waals surface area (Å²) in [6.45, 7) is 4.57. The molecule has 1 N–H and O–H groups in total. The molecule has 1 atom stereocenters. The number of ether oxygens (including phenoxy) is 1. The van der Waals surface area contributed by atoms with Gasteiger partial charge in [0.1, 0.15) is 5.75 Å². The lowest BCUT2D eigenvalue weighted by molar-refractivity contribution is -0.384. The van der Waals surface area contributed by atoms with Gasteiger partial charge in [-0.1, -0.05) is 57.7 Å². The molecule has 0 saturated heterocycles. The number of nitrogens with one attached hydrogen (secondary N) is 1. The van der Waals surface area contributed by atoms with Crippen LogP contribution in [-0.4, -0.2) is 35.3 Å². The summed E-state index contributed by atoms with van der Waals surface area (Å²) in [5, 5.41) is 13.5. The number of anilines is 1. The molecule has 0 aromatic heterocycles. The van der Waals surface area contributed by atoms with E-state index in [1.807, 2.05) is 38.1 Å². The lowest BCUT2D eigenvalue weighted by Gasteiger charge is -2.27. The maximum Gasteiger partial charge on any atom is 0.414 e. The summed E-state index contributed by atoms with van der Waals surface area (Å²) in [6, 6.07) is 13.0. The number of para-hydroxylation sites is 1. The molecule has 9 nitrogen and oxygen atoms in total. The van der Waals surface area contributed by atoms with Crippen molar-refractivity contribution in [3.8, 4) is 5.75 Å². The Morgan fingerprint density at radius 3 is 2.42 bits per heavy atom. The molecular formula is C27H32N4O5. The minimum atomic E-state index is -1.14. The SMILES string of the molecule is CC(C)CN1C(=O)[C@H](NC(=O)Oc2ccc([N+](=O)[O-])cc2)N=C(C2CCCCCC2)c2ccccc21. The van der Waals surface area contributed by atoms with Crippen molar-refractivity contribution in [3.05, 3.63) is 64.2 Å². The summed E-state index contributed by atoms with van der Waals surface area (Å²) < 4.78 is 5.32. The van der Waals surface area contributed by atoms with Crippen LogP contribution in [0.1, 0.15) is 57.9 Å². The quantitative estimate of drug-likeness (QED) is 0.326. The smallest absolute Gasteiger partial charge is 0.410 e. The first-order chi connectivity index (χ1) is 17.3. The number of carbonyl (C=O) groups is 2. The molecule has 1 heterocycles. The summed E-state index contributed by atoms with van der Waals surface area (Å²) in [5.41, 5.74) is 2.49. The van der Waals surface area contributed by atoms with Gasteiger partial charge in [-0.05, 0) is 37.0 Å². The zero-order chi connectivity index (χ0) is 25.7. The second-order valence-electron chi connectivity index (χ2n) is 9.75. The number of amides is 2. The van der Waals surface area contributed by atoms with Gasteiger partial charge in [0.2, 0.25) is 6.17 Å². The van der Waals surface area contributed by atoms with Gasteiger partial charge in [0.25, 0.3) is 11.6 Å². The molecule has 1 aliphatic heterocycles. The summed E-state index contributed by atoms with van der Waals surface area (Å²) in [7, 11) is 0. The van der Waals surface area contributed by atoms with Gasteiger partial charge < -0.3 is 9.64 Å². The van der Waals surface area contributed by atoms with E-state index in [9.17, 15) is 19.7 Å². The standard InChI is InChI=1S/C27H32N4O5/c1-18(2)17-30-23-12-8-7-11-22(23)24(19-9-5-3-4-6-10-19)28-25(26(30)32)29-27(33)36-21-15-13-20(14-16-21)31(34)35/h7-8,11-16,18-19,25H,3-6,9-10,17H2,1-2H3,(H,29,33)/t25-/m0/s1. The van der Waals surface area contributed by atoms with Crippen LogP contribution < -0.4 is 15.0 Å². The van der Waals surface area contributed by atoms with E-state index in [0.717, 1.165) is 42.6 Å². The molecular weight excluding hydrogens is 460 g/mol. The molecule has 190 valence electrons. The fourth-order valence-electron chi connectivity index (χ4n) is 4.87. The first-order valence-corrected chi connectivity index (χ1v) is 12.5. The highest BCUT2D eigenvalue weighted by molar-refractivity contribution is 6.14. The highest BCUT2D eigenvalue weighted by atomic mass is 16.6. The van der Waals surface area contributed by atoms with Gasteiger partial charge >= 0.3 is 6.09 Å². The third-order valence-corrected chi connectivity index (χ3v) is 6.54. The molecule has 9 heteroatoms. The molecule has 1 saturated carbocycles. The van der Waals surface area contributed by atoms with Crippen LogP contribution in [0.4, 0.5) is 16.2 Å². The van der Waals surface area contributed by atoms with E-state index < -0.39 is 17.2 Å². The molecule has 2 amide bonds. The van der Waals surface area contributed by atoms with Crippen molar-refractivity contribution in [3.63, 3.8) is 0 Å². The highest BCUT2D eigenvalue weighted by Gasteiger charge is 2.35. The number of carbonyl (C=O) groups excluding carboxylic acids is 2. The molecule has 0 spiro atoms. The largest absolute Gasteiger partial charge is 0.414 e. The molecule has 2 aromatic rings. The van der Waals surface area contributed by atoms with Crippen molar-refractivity contribution in [2.75, 3.05) is 11.4 Å². The van der Waals surface area contributed by atoms with Crippen molar-refractivity contribution in [2.24, 2.45) is 16.8 Å². The number of aliphatic imine (C=N–C) groups is 1. The summed E-state index contributed by atoms with van der Waals surface area (Å²) in [5.74, 6) is 0.222. The van der Waals surface area contributed by atoms with E-state index in [1.165, 1.54) is 37.1 Å². The molecule has 0 radical (unpaired) electrons. The minimum absolute atomic E-state index is 0.110. The number of nitro benzene ring substituents is 1. The van der Waals surface area contributed by atoms with Crippen molar-refractivity contribution in [2.45, 2.75) is 58.5 Å². The third kappa shape index (κ3) is 5.90. The van der Waals surface area contributed by atoms with Crippen molar-refractivity contribution in [1.29, 1.82) is 0 Å². The highest BCUT2D eigenvalue weighted by Crippen LogP contribution is 2.33. The number of hydrogen-bond acceptors (Lipinski definition) is 6. The van der Waals surface area contributed by atoms with Gasteiger partial charge in [0, 0.05) is 30.2 Å². The number of benzene rings is 2. The summed E-state index contributed by atoms with van der Waals surface area (Å²) in [6.07, 6.45) is 4.59. The lowest BCUT2D eigenvalue weighted by Crippen LogP contribution is -2.49. The Labute approximate surface area is 210 Å². The molecule has 36 heavy (non-hydrogen) atoms. The van der Waals surface area contributed by atoms with E-state index >= 15 is 0 Å². The van der Waals surface area contributed by atoms with Crippen LogP contribution >= 0.6 is 0 Å². The van der Waals surface area contributed by atoms with Crippen LogP contribution in [0, 0.1) is 22.0 Å². The van der Waals surface area contributed by atoms with Crippen LogP contribution in [0.25, 0.3) is 0 Å². The van der Waals surface area contributed by atoms with Crippen LogP contribution in [0.5, 0.6) is 5.75 Å². The van der Waals surface area contributed by atoms with Gasteiger partial charge in [-0.3, -0.25) is 25.2 Å². The van der Waals surface area contributed by atoms with Gasteiger partial charge in [0.05, 0.1) is 16.3 Å².